The van der Waals surface area contributed by atoms with E-state index in [0.29, 0.717) is 0 Å². The van der Waals surface area contributed by atoms with Crippen LogP contribution in [0.1, 0.15) is 9.67 Å². The van der Waals surface area contributed by atoms with Crippen LogP contribution in [0, 0.1) is 7.14 Å². The van der Waals surface area contributed by atoms with Crippen molar-refractivity contribution in [1.82, 2.24) is 0 Å². The summed E-state index contributed by atoms with van der Waals surface area (Å²) in [4.78, 5) is 0. The van der Waals surface area contributed by atoms with Gasteiger partial charge in [-0.05, 0) is 73.8 Å². The fourth-order valence-corrected chi connectivity index (χ4v) is 2.99. The van der Waals surface area contributed by atoms with Crippen LogP contribution in [0.4, 0.5) is 0 Å². The summed E-state index contributed by atoms with van der Waals surface area (Å²) in [6, 6.07) is 5.94. The molecule has 0 saturated carbocycles. The van der Waals surface area contributed by atoms with E-state index in [2.05, 4.69) is 45.2 Å². The SMILES string of the molecule is OC(I)c1cccc(I)c1I. The van der Waals surface area contributed by atoms with E-state index in [4.69, 9.17) is 0 Å². The Morgan fingerprint density at radius 1 is 1.27 bits per heavy atom. The first-order chi connectivity index (χ1) is 5.13. The number of halogens is 3. The Kier molecular flexibility index (Phi) is 4.33. The van der Waals surface area contributed by atoms with Gasteiger partial charge in [0.2, 0.25) is 0 Å². The van der Waals surface area contributed by atoms with E-state index < -0.39 is 4.11 Å². The van der Waals surface area contributed by atoms with Crippen LogP contribution in [0.5, 0.6) is 0 Å². The van der Waals surface area contributed by atoms with Gasteiger partial charge in [-0.3, -0.25) is 0 Å². The molecule has 0 aromatic heterocycles. The largest absolute Gasteiger partial charge is 0.378 e. The van der Waals surface area contributed by atoms with E-state index >= 15 is 0 Å². The normalized spacial score (nSPS) is 13.1. The van der Waals surface area contributed by atoms with Gasteiger partial charge in [-0.25, -0.2) is 0 Å². The molecule has 1 aromatic carbocycles. The Bertz CT molecular complexity index is 260. The third kappa shape index (κ3) is 2.66. The van der Waals surface area contributed by atoms with E-state index in [1.165, 1.54) is 3.57 Å². The van der Waals surface area contributed by atoms with Crippen molar-refractivity contribution < 1.29 is 5.11 Å². The number of benzene rings is 1. The Labute approximate surface area is 106 Å². The van der Waals surface area contributed by atoms with Crippen molar-refractivity contribution in [3.05, 3.63) is 30.9 Å². The van der Waals surface area contributed by atoms with Gasteiger partial charge in [0.1, 0.15) is 4.11 Å². The molecule has 0 heterocycles. The summed E-state index contributed by atoms with van der Waals surface area (Å²) in [6.45, 7) is 0. The molecule has 4 heteroatoms. The highest BCUT2D eigenvalue weighted by molar-refractivity contribution is 14.1. The van der Waals surface area contributed by atoms with Crippen LogP contribution in [0.2, 0.25) is 0 Å². The summed E-state index contributed by atoms with van der Waals surface area (Å²) in [5, 5.41) is 9.31. The van der Waals surface area contributed by atoms with Gasteiger partial charge in [0.05, 0.1) is 0 Å². The second kappa shape index (κ2) is 4.56. The number of aliphatic hydroxyl groups is 1. The number of hydrogen-bond donors (Lipinski definition) is 1. The second-order valence-corrected chi connectivity index (χ2v) is 5.40. The lowest BCUT2D eigenvalue weighted by Crippen LogP contribution is -1.93. The highest BCUT2D eigenvalue weighted by atomic mass is 127. The first kappa shape index (κ1) is 10.5. The highest BCUT2D eigenvalue weighted by Crippen LogP contribution is 2.27. The number of aliphatic hydroxyl groups excluding tert-OH is 1. The lowest BCUT2D eigenvalue weighted by molar-refractivity contribution is 0.285. The quantitative estimate of drug-likeness (QED) is 0.478. The molecule has 1 rings (SSSR count). The first-order valence-corrected chi connectivity index (χ1v) is 6.29. The lowest BCUT2D eigenvalue weighted by atomic mass is 10.2. The molecule has 1 atom stereocenters. The Balaban J connectivity index is 3.17. The summed E-state index contributed by atoms with van der Waals surface area (Å²) in [7, 11) is 0. The molecule has 0 aliphatic carbocycles. The first-order valence-electron chi connectivity index (χ1n) is 2.89. The van der Waals surface area contributed by atoms with Gasteiger partial charge in [-0.2, -0.15) is 0 Å². The van der Waals surface area contributed by atoms with E-state index in [9.17, 15) is 5.11 Å². The van der Waals surface area contributed by atoms with Crippen molar-refractivity contribution in [3.63, 3.8) is 0 Å². The predicted octanol–water partition coefficient (Wildman–Crippen LogP) is 3.32. The van der Waals surface area contributed by atoms with E-state index in [1.807, 2.05) is 40.8 Å². The zero-order valence-electron chi connectivity index (χ0n) is 5.39. The molecule has 0 aliphatic heterocycles. The van der Waals surface area contributed by atoms with Gasteiger partial charge in [0.15, 0.2) is 0 Å². The highest BCUT2D eigenvalue weighted by Gasteiger charge is 2.08. The van der Waals surface area contributed by atoms with Gasteiger partial charge >= 0.3 is 0 Å². The van der Waals surface area contributed by atoms with Crippen molar-refractivity contribution in [1.29, 1.82) is 0 Å². The standard InChI is InChI=1S/C7H5I3O/c8-5-3-1-2-4(6(5)9)7(10)11/h1-3,7,11H. The van der Waals surface area contributed by atoms with Crippen LogP contribution in [0.3, 0.4) is 0 Å². The minimum atomic E-state index is -0.394. The molecule has 1 unspecified atom stereocenters. The summed E-state index contributed by atoms with van der Waals surface area (Å²) in [6.07, 6.45) is 0. The molecule has 1 nitrogen and oxygen atoms in total. The maximum absolute atomic E-state index is 9.31. The van der Waals surface area contributed by atoms with Gasteiger partial charge in [-0.15, -0.1) is 0 Å². The maximum Gasteiger partial charge on any atom is 0.131 e. The Morgan fingerprint density at radius 3 is 2.36 bits per heavy atom. The topological polar surface area (TPSA) is 20.2 Å². The van der Waals surface area contributed by atoms with E-state index in [1.54, 1.807) is 0 Å². The van der Waals surface area contributed by atoms with Crippen LogP contribution in [-0.4, -0.2) is 5.11 Å². The number of alkyl halides is 1. The lowest BCUT2D eigenvalue weighted by Gasteiger charge is -2.06. The molecule has 60 valence electrons. The Hall–Kier alpha value is 1.37. The molecule has 0 aliphatic rings. The zero-order chi connectivity index (χ0) is 8.43. The Morgan fingerprint density at radius 2 is 1.91 bits per heavy atom. The van der Waals surface area contributed by atoms with Gasteiger partial charge in [0, 0.05) is 12.7 Å². The van der Waals surface area contributed by atoms with E-state index in [-0.39, 0.29) is 0 Å². The van der Waals surface area contributed by atoms with Gasteiger partial charge in [-0.1, -0.05) is 12.1 Å². The smallest absolute Gasteiger partial charge is 0.131 e. The minimum absolute atomic E-state index is 0.394. The van der Waals surface area contributed by atoms with Crippen molar-refractivity contribution >= 4 is 67.8 Å². The molecular formula is C7H5I3O. The second-order valence-electron chi connectivity index (χ2n) is 1.98. The fourth-order valence-electron chi connectivity index (χ4n) is 0.704. The third-order valence-corrected chi connectivity index (χ3v) is 5.04. The zero-order valence-corrected chi connectivity index (χ0v) is 11.9. The average Bonchev–Trinajstić information content (AvgIpc) is 1.94. The van der Waals surface area contributed by atoms with Gasteiger partial charge in [0.25, 0.3) is 0 Å². The summed E-state index contributed by atoms with van der Waals surface area (Å²) in [5.41, 5.74) is 0.998. The van der Waals surface area contributed by atoms with Crippen LogP contribution in [0.15, 0.2) is 18.2 Å². The van der Waals surface area contributed by atoms with Crippen molar-refractivity contribution in [2.24, 2.45) is 0 Å². The fraction of sp³-hybridized carbons (Fsp3) is 0.143. The summed E-state index contributed by atoms with van der Waals surface area (Å²) < 4.78 is 1.94. The summed E-state index contributed by atoms with van der Waals surface area (Å²) >= 11 is 6.51. The van der Waals surface area contributed by atoms with Gasteiger partial charge < -0.3 is 5.11 Å². The molecule has 0 bridgehead atoms. The van der Waals surface area contributed by atoms with Crippen LogP contribution < -0.4 is 0 Å². The van der Waals surface area contributed by atoms with Crippen molar-refractivity contribution in [3.8, 4) is 0 Å². The number of hydrogen-bond acceptors (Lipinski definition) is 1. The molecule has 0 amide bonds. The van der Waals surface area contributed by atoms with Crippen molar-refractivity contribution in [2.45, 2.75) is 4.11 Å². The molecule has 0 spiro atoms. The number of rotatable bonds is 1. The van der Waals surface area contributed by atoms with Crippen LogP contribution in [0.25, 0.3) is 0 Å². The predicted molar refractivity (Wildman–Crippen MR) is 70.9 cm³/mol. The average molecular weight is 486 g/mol. The molecule has 0 saturated heterocycles. The van der Waals surface area contributed by atoms with Crippen LogP contribution >= 0.6 is 67.8 Å². The maximum atomic E-state index is 9.31. The van der Waals surface area contributed by atoms with Crippen LogP contribution in [-0.2, 0) is 0 Å². The van der Waals surface area contributed by atoms with Crippen molar-refractivity contribution in [2.75, 3.05) is 0 Å². The molecule has 1 aromatic rings. The molecular weight excluding hydrogens is 481 g/mol. The third-order valence-electron chi connectivity index (χ3n) is 1.24. The summed E-state index contributed by atoms with van der Waals surface area (Å²) in [5.74, 6) is 0. The molecule has 1 N–H and O–H groups in total. The minimum Gasteiger partial charge on any atom is -0.378 e. The van der Waals surface area contributed by atoms with E-state index in [0.717, 1.165) is 9.13 Å². The molecule has 0 fully saturated rings. The molecule has 11 heavy (non-hydrogen) atoms. The molecule has 0 radical (unpaired) electrons. The monoisotopic (exact) mass is 486 g/mol.